The highest BCUT2D eigenvalue weighted by Gasteiger charge is 2.12. The van der Waals surface area contributed by atoms with Gasteiger partial charge in [-0.25, -0.2) is 4.99 Å². The quantitative estimate of drug-likeness (QED) is 0.937. The lowest BCUT2D eigenvalue weighted by Gasteiger charge is -2.26. The van der Waals surface area contributed by atoms with Crippen LogP contribution in [-0.4, -0.2) is 28.4 Å². The number of pyridine rings is 1. The van der Waals surface area contributed by atoms with Gasteiger partial charge in [-0.05, 0) is 29.3 Å². The summed E-state index contributed by atoms with van der Waals surface area (Å²) in [4.78, 5) is 10.9. The second-order valence-electron chi connectivity index (χ2n) is 5.23. The number of benzene rings is 1. The second-order valence-corrected chi connectivity index (χ2v) is 6.19. The molecule has 0 radical (unpaired) electrons. The zero-order chi connectivity index (χ0) is 15.9. The Hall–Kier alpha value is -2.36. The Morgan fingerprint density at radius 1 is 1.26 bits per heavy atom. The predicted octanol–water partition coefficient (Wildman–Crippen LogP) is 2.56. The minimum atomic E-state index is 0.683. The standard InChI is InChI=1S/C17H17N5S/c18-8-14-3-1-4-15(7-14)11-23-17-20-12-22(13-21-17)10-16-5-2-6-19-9-16/h1-7,9H,10-13H2,(H,20,21). The molecule has 0 unspecified atom stereocenters. The van der Waals surface area contributed by atoms with Crippen LogP contribution in [0.3, 0.4) is 0 Å². The Morgan fingerprint density at radius 3 is 2.91 bits per heavy atom. The molecule has 6 heteroatoms. The van der Waals surface area contributed by atoms with Crippen LogP contribution in [0.1, 0.15) is 16.7 Å². The number of nitriles is 1. The highest BCUT2D eigenvalue weighted by molar-refractivity contribution is 8.13. The van der Waals surface area contributed by atoms with Crippen LogP contribution >= 0.6 is 11.8 Å². The van der Waals surface area contributed by atoms with Crippen LogP contribution in [0, 0.1) is 11.3 Å². The topological polar surface area (TPSA) is 64.3 Å². The van der Waals surface area contributed by atoms with E-state index < -0.39 is 0 Å². The van der Waals surface area contributed by atoms with E-state index in [9.17, 15) is 0 Å². The number of aromatic nitrogens is 1. The largest absolute Gasteiger partial charge is 0.352 e. The molecular formula is C17H17N5S. The summed E-state index contributed by atoms with van der Waals surface area (Å²) in [5.74, 6) is 0.809. The molecule has 1 aliphatic heterocycles. The van der Waals surface area contributed by atoms with E-state index in [2.05, 4.69) is 32.3 Å². The molecule has 2 aromatic rings. The molecule has 3 rings (SSSR count). The molecule has 0 saturated heterocycles. The molecule has 1 N–H and O–H groups in total. The van der Waals surface area contributed by atoms with Gasteiger partial charge in [-0.2, -0.15) is 5.26 Å². The highest BCUT2D eigenvalue weighted by atomic mass is 32.2. The molecule has 1 aromatic carbocycles. The molecule has 0 spiro atoms. The number of thioether (sulfide) groups is 1. The lowest BCUT2D eigenvalue weighted by atomic mass is 10.2. The van der Waals surface area contributed by atoms with Crippen molar-refractivity contribution in [1.82, 2.24) is 15.2 Å². The number of hydrogen-bond acceptors (Lipinski definition) is 6. The first-order valence-corrected chi connectivity index (χ1v) is 8.33. The first-order chi connectivity index (χ1) is 11.3. The molecule has 0 saturated carbocycles. The van der Waals surface area contributed by atoms with E-state index in [1.807, 2.05) is 36.5 Å². The lowest BCUT2D eigenvalue weighted by Crippen LogP contribution is -2.41. The smallest absolute Gasteiger partial charge is 0.159 e. The normalized spacial score (nSPS) is 14.7. The van der Waals surface area contributed by atoms with Gasteiger partial charge in [0.2, 0.25) is 0 Å². The van der Waals surface area contributed by atoms with Crippen molar-refractivity contribution >= 4 is 16.9 Å². The molecule has 23 heavy (non-hydrogen) atoms. The minimum absolute atomic E-state index is 0.683. The summed E-state index contributed by atoms with van der Waals surface area (Å²) in [6, 6.07) is 13.9. The maximum Gasteiger partial charge on any atom is 0.159 e. The van der Waals surface area contributed by atoms with Crippen LogP contribution in [0.15, 0.2) is 53.8 Å². The Morgan fingerprint density at radius 2 is 2.17 bits per heavy atom. The van der Waals surface area contributed by atoms with Crippen molar-refractivity contribution in [2.75, 3.05) is 13.3 Å². The van der Waals surface area contributed by atoms with E-state index in [1.54, 1.807) is 18.0 Å². The number of amidine groups is 1. The van der Waals surface area contributed by atoms with Crippen molar-refractivity contribution in [3.8, 4) is 6.07 Å². The summed E-state index contributed by atoms with van der Waals surface area (Å²) in [5.41, 5.74) is 3.02. The fraction of sp³-hybridized carbons (Fsp3) is 0.235. The maximum absolute atomic E-state index is 8.93. The predicted molar refractivity (Wildman–Crippen MR) is 92.5 cm³/mol. The molecule has 0 amide bonds. The molecule has 116 valence electrons. The van der Waals surface area contributed by atoms with E-state index in [0.717, 1.165) is 29.7 Å². The third kappa shape index (κ3) is 4.55. The summed E-state index contributed by atoms with van der Waals surface area (Å²) >= 11 is 1.67. The number of nitrogens with one attached hydrogen (secondary N) is 1. The van der Waals surface area contributed by atoms with E-state index >= 15 is 0 Å². The third-order valence-corrected chi connectivity index (χ3v) is 4.45. The molecule has 1 aliphatic rings. The zero-order valence-electron chi connectivity index (χ0n) is 12.6. The van der Waals surface area contributed by atoms with Crippen LogP contribution in [0.2, 0.25) is 0 Å². The van der Waals surface area contributed by atoms with Crippen LogP contribution in [0.25, 0.3) is 0 Å². The van der Waals surface area contributed by atoms with Crippen molar-refractivity contribution < 1.29 is 0 Å². The molecule has 0 bridgehead atoms. The van der Waals surface area contributed by atoms with Gasteiger partial charge in [0.1, 0.15) is 0 Å². The van der Waals surface area contributed by atoms with Gasteiger partial charge in [-0.15, -0.1) is 0 Å². The Balaban J connectivity index is 1.50. The SMILES string of the molecule is N#Cc1cccc(CSC2=NCN(Cc3cccnc3)CN2)c1. The molecule has 1 aromatic heterocycles. The first kappa shape index (κ1) is 15.5. The number of aliphatic imine (C=N–C) groups is 1. The van der Waals surface area contributed by atoms with Crippen molar-refractivity contribution in [1.29, 1.82) is 5.26 Å². The maximum atomic E-state index is 8.93. The lowest BCUT2D eigenvalue weighted by molar-refractivity contribution is 0.258. The summed E-state index contributed by atoms with van der Waals surface area (Å²) in [6.45, 7) is 2.30. The minimum Gasteiger partial charge on any atom is -0.352 e. The van der Waals surface area contributed by atoms with E-state index in [1.165, 1.54) is 5.56 Å². The van der Waals surface area contributed by atoms with Crippen LogP contribution in [0.5, 0.6) is 0 Å². The summed E-state index contributed by atoms with van der Waals surface area (Å²) in [5, 5.41) is 13.2. The van der Waals surface area contributed by atoms with Gasteiger partial charge in [0, 0.05) is 24.7 Å². The summed E-state index contributed by atoms with van der Waals surface area (Å²) in [7, 11) is 0. The van der Waals surface area contributed by atoms with Gasteiger partial charge >= 0.3 is 0 Å². The molecule has 0 atom stereocenters. The van der Waals surface area contributed by atoms with Crippen molar-refractivity contribution in [2.24, 2.45) is 4.99 Å². The number of rotatable bonds is 4. The van der Waals surface area contributed by atoms with Crippen molar-refractivity contribution in [2.45, 2.75) is 12.3 Å². The van der Waals surface area contributed by atoms with E-state index in [-0.39, 0.29) is 0 Å². The summed E-state index contributed by atoms with van der Waals surface area (Å²) in [6.07, 6.45) is 3.67. The molecule has 5 nitrogen and oxygen atoms in total. The van der Waals surface area contributed by atoms with E-state index in [4.69, 9.17) is 5.26 Å². The van der Waals surface area contributed by atoms with Gasteiger partial charge in [-0.3, -0.25) is 9.88 Å². The number of hydrogen-bond donors (Lipinski definition) is 1. The van der Waals surface area contributed by atoms with Gasteiger partial charge < -0.3 is 5.32 Å². The summed E-state index contributed by atoms with van der Waals surface area (Å²) < 4.78 is 0. The number of nitrogens with zero attached hydrogens (tertiary/aromatic N) is 4. The zero-order valence-corrected chi connectivity index (χ0v) is 13.5. The molecule has 0 aliphatic carbocycles. The molecular weight excluding hydrogens is 306 g/mol. The Labute approximate surface area is 140 Å². The second kappa shape index (κ2) is 7.77. The molecule has 2 heterocycles. The third-order valence-electron chi connectivity index (χ3n) is 3.43. The van der Waals surface area contributed by atoms with Crippen LogP contribution in [0.4, 0.5) is 0 Å². The van der Waals surface area contributed by atoms with Crippen LogP contribution < -0.4 is 5.32 Å². The fourth-order valence-corrected chi connectivity index (χ4v) is 3.08. The fourth-order valence-electron chi connectivity index (χ4n) is 2.28. The average Bonchev–Trinajstić information content (AvgIpc) is 2.62. The van der Waals surface area contributed by atoms with Gasteiger partial charge in [0.15, 0.2) is 5.17 Å². The Kier molecular flexibility index (Phi) is 5.25. The highest BCUT2D eigenvalue weighted by Crippen LogP contribution is 2.16. The first-order valence-electron chi connectivity index (χ1n) is 7.35. The average molecular weight is 323 g/mol. The monoisotopic (exact) mass is 323 g/mol. The Bertz CT molecular complexity index is 723. The molecule has 0 fully saturated rings. The van der Waals surface area contributed by atoms with E-state index in [0.29, 0.717) is 12.2 Å². The van der Waals surface area contributed by atoms with Crippen molar-refractivity contribution in [3.05, 3.63) is 65.5 Å². The van der Waals surface area contributed by atoms with Gasteiger partial charge in [-0.1, -0.05) is 30.0 Å². The van der Waals surface area contributed by atoms with Crippen LogP contribution in [-0.2, 0) is 12.3 Å². The van der Waals surface area contributed by atoms with Crippen molar-refractivity contribution in [3.63, 3.8) is 0 Å². The van der Waals surface area contributed by atoms with Gasteiger partial charge in [0.05, 0.1) is 25.0 Å². The van der Waals surface area contributed by atoms with Gasteiger partial charge in [0.25, 0.3) is 0 Å².